The van der Waals surface area contributed by atoms with Gasteiger partial charge in [-0.2, -0.15) is 0 Å². The number of amides is 1. The molecule has 6 nitrogen and oxygen atoms in total. The number of rotatable bonds is 9. The summed E-state index contributed by atoms with van der Waals surface area (Å²) in [6.07, 6.45) is 2.21. The van der Waals surface area contributed by atoms with Crippen LogP contribution in [0.3, 0.4) is 0 Å². The fourth-order valence-corrected chi connectivity index (χ4v) is 3.57. The van der Waals surface area contributed by atoms with Gasteiger partial charge in [-0.05, 0) is 30.5 Å². The third-order valence-corrected chi connectivity index (χ3v) is 5.33. The van der Waals surface area contributed by atoms with Crippen LogP contribution in [-0.4, -0.2) is 57.0 Å². The number of hydrogen-bond acceptors (Lipinski definition) is 5. The highest BCUT2D eigenvalue weighted by molar-refractivity contribution is 5.78. The van der Waals surface area contributed by atoms with Gasteiger partial charge in [0.2, 0.25) is 5.91 Å². The highest BCUT2D eigenvalue weighted by Gasteiger charge is 2.34. The van der Waals surface area contributed by atoms with E-state index in [1.807, 2.05) is 36.9 Å². The Hall–Kier alpha value is -1.79. The van der Waals surface area contributed by atoms with Crippen molar-refractivity contribution >= 4 is 5.91 Å². The highest BCUT2D eigenvalue weighted by Crippen LogP contribution is 2.33. The Balaban J connectivity index is 1.71. The number of ether oxygens (including phenoxy) is 4. The van der Waals surface area contributed by atoms with Crippen LogP contribution in [-0.2, 0) is 20.8 Å². The molecule has 0 bridgehead atoms. The van der Waals surface area contributed by atoms with Crippen molar-refractivity contribution in [1.82, 2.24) is 4.90 Å². The van der Waals surface area contributed by atoms with Crippen molar-refractivity contribution in [2.24, 2.45) is 11.3 Å². The highest BCUT2D eigenvalue weighted by atomic mass is 16.5. The third kappa shape index (κ3) is 5.17. The van der Waals surface area contributed by atoms with Crippen LogP contribution in [0, 0.1) is 11.3 Å². The molecule has 2 aliphatic rings. The molecule has 0 unspecified atom stereocenters. The minimum Gasteiger partial charge on any atom is -0.493 e. The van der Waals surface area contributed by atoms with Gasteiger partial charge in [0.25, 0.3) is 0 Å². The Morgan fingerprint density at radius 1 is 1.32 bits per heavy atom. The van der Waals surface area contributed by atoms with Crippen LogP contribution in [0.25, 0.3) is 0 Å². The average Bonchev–Trinajstić information content (AvgIpc) is 3.17. The maximum atomic E-state index is 12.7. The molecule has 1 amide bonds. The van der Waals surface area contributed by atoms with Crippen molar-refractivity contribution in [3.63, 3.8) is 0 Å². The Morgan fingerprint density at radius 2 is 2.11 bits per heavy atom. The summed E-state index contributed by atoms with van der Waals surface area (Å²) in [6, 6.07) is 5.89. The van der Waals surface area contributed by atoms with Crippen LogP contribution in [0.2, 0.25) is 0 Å². The molecule has 2 heterocycles. The number of carbonyl (C=O) groups excluding carboxylic acids is 1. The summed E-state index contributed by atoms with van der Waals surface area (Å²) in [7, 11) is 1.64. The monoisotopic (exact) mass is 391 g/mol. The smallest absolute Gasteiger partial charge is 0.225 e. The largest absolute Gasteiger partial charge is 0.493 e. The predicted molar refractivity (Wildman–Crippen MR) is 107 cm³/mol. The molecule has 0 spiro atoms. The van der Waals surface area contributed by atoms with Crippen molar-refractivity contribution < 1.29 is 23.7 Å². The molecule has 0 aliphatic carbocycles. The molecule has 28 heavy (non-hydrogen) atoms. The second-order valence-electron chi connectivity index (χ2n) is 8.59. The maximum absolute atomic E-state index is 12.7. The van der Waals surface area contributed by atoms with Crippen molar-refractivity contribution in [2.75, 3.05) is 40.1 Å². The van der Waals surface area contributed by atoms with E-state index < -0.39 is 0 Å². The summed E-state index contributed by atoms with van der Waals surface area (Å²) in [5.41, 5.74) is 1.08. The van der Waals surface area contributed by atoms with Crippen LogP contribution < -0.4 is 9.47 Å². The van der Waals surface area contributed by atoms with Gasteiger partial charge >= 0.3 is 0 Å². The molecule has 1 atom stereocenters. The molecule has 6 heteroatoms. The normalized spacial score (nSPS) is 20.7. The zero-order valence-electron chi connectivity index (χ0n) is 17.5. The molecular weight excluding hydrogens is 358 g/mol. The molecule has 0 N–H and O–H groups in total. The molecule has 0 aromatic heterocycles. The van der Waals surface area contributed by atoms with E-state index in [9.17, 15) is 4.79 Å². The minimum atomic E-state index is -0.0473. The topological polar surface area (TPSA) is 57.2 Å². The molecule has 2 fully saturated rings. The first-order valence-electron chi connectivity index (χ1n) is 10.2. The first-order valence-corrected chi connectivity index (χ1v) is 10.2. The third-order valence-electron chi connectivity index (χ3n) is 5.33. The maximum Gasteiger partial charge on any atom is 0.225 e. The van der Waals surface area contributed by atoms with E-state index in [1.165, 1.54) is 0 Å². The van der Waals surface area contributed by atoms with Crippen LogP contribution in [0.15, 0.2) is 18.2 Å². The average molecular weight is 392 g/mol. The number of benzene rings is 1. The molecule has 2 saturated heterocycles. The zero-order valence-corrected chi connectivity index (χ0v) is 17.5. The van der Waals surface area contributed by atoms with E-state index in [-0.39, 0.29) is 23.3 Å². The minimum absolute atomic E-state index is 0.0473. The van der Waals surface area contributed by atoms with Crippen LogP contribution in [0.5, 0.6) is 11.5 Å². The Kier molecular flexibility index (Phi) is 6.83. The lowest BCUT2D eigenvalue weighted by Crippen LogP contribution is -2.44. The lowest BCUT2D eigenvalue weighted by atomic mass is 9.90. The van der Waals surface area contributed by atoms with Gasteiger partial charge < -0.3 is 23.8 Å². The second-order valence-corrected chi connectivity index (χ2v) is 8.59. The molecule has 2 aliphatic heterocycles. The lowest BCUT2D eigenvalue weighted by molar-refractivity contribution is -0.136. The van der Waals surface area contributed by atoms with Crippen molar-refractivity contribution in [1.29, 1.82) is 0 Å². The fourth-order valence-electron chi connectivity index (χ4n) is 3.57. The molecule has 156 valence electrons. The predicted octanol–water partition coefficient (Wildman–Crippen LogP) is 3.27. The molecule has 0 saturated carbocycles. The Labute approximate surface area is 168 Å². The standard InChI is InChI=1S/C22H33NO5/c1-16(2)21(24)23(12-18-6-5-9-27-18)11-17-7-8-19(25-4)20(10-17)28-15-22(3)13-26-14-22/h7-8,10,16,18H,5-6,9,11-15H2,1-4H3/t18-/m0/s1. The Morgan fingerprint density at radius 3 is 2.68 bits per heavy atom. The first-order chi connectivity index (χ1) is 13.4. The van der Waals surface area contributed by atoms with Gasteiger partial charge in [-0.3, -0.25) is 4.79 Å². The first kappa shape index (κ1) is 20.9. The Bertz CT molecular complexity index is 665. The van der Waals surface area contributed by atoms with E-state index in [0.29, 0.717) is 44.4 Å². The summed E-state index contributed by atoms with van der Waals surface area (Å²) < 4.78 is 22.6. The van der Waals surface area contributed by atoms with Gasteiger partial charge in [-0.25, -0.2) is 0 Å². The van der Waals surface area contributed by atoms with E-state index in [4.69, 9.17) is 18.9 Å². The summed E-state index contributed by atoms with van der Waals surface area (Å²) in [5.74, 6) is 1.51. The van der Waals surface area contributed by atoms with Gasteiger partial charge in [-0.1, -0.05) is 26.8 Å². The summed E-state index contributed by atoms with van der Waals surface area (Å²) >= 11 is 0. The van der Waals surface area contributed by atoms with Crippen molar-refractivity contribution in [2.45, 2.75) is 46.3 Å². The lowest BCUT2D eigenvalue weighted by Gasteiger charge is -2.37. The van der Waals surface area contributed by atoms with Gasteiger partial charge in [0.15, 0.2) is 11.5 Å². The van der Waals surface area contributed by atoms with E-state index >= 15 is 0 Å². The van der Waals surface area contributed by atoms with E-state index in [1.54, 1.807) is 7.11 Å². The van der Waals surface area contributed by atoms with E-state index in [0.717, 1.165) is 25.0 Å². The SMILES string of the molecule is COc1ccc(CN(C[C@@H]2CCCO2)C(=O)C(C)C)cc1OCC1(C)COC1. The van der Waals surface area contributed by atoms with Gasteiger partial charge in [0.05, 0.1) is 33.0 Å². The fraction of sp³-hybridized carbons (Fsp3) is 0.682. The number of carbonyl (C=O) groups is 1. The van der Waals surface area contributed by atoms with E-state index in [2.05, 4.69) is 6.92 Å². The number of hydrogen-bond donors (Lipinski definition) is 0. The van der Waals surface area contributed by atoms with Crippen LogP contribution in [0.1, 0.15) is 39.2 Å². The number of methoxy groups -OCH3 is 1. The van der Waals surface area contributed by atoms with Crippen molar-refractivity contribution in [3.8, 4) is 11.5 Å². The molecule has 1 aromatic rings. The molecule has 0 radical (unpaired) electrons. The van der Waals surface area contributed by atoms with Gasteiger partial charge in [0.1, 0.15) is 0 Å². The summed E-state index contributed by atoms with van der Waals surface area (Å²) in [5, 5.41) is 0. The quantitative estimate of drug-likeness (QED) is 0.647. The molecular formula is C22H33NO5. The summed E-state index contributed by atoms with van der Waals surface area (Å²) in [6.45, 7) is 10.0. The number of nitrogens with zero attached hydrogens (tertiary/aromatic N) is 1. The zero-order chi connectivity index (χ0) is 20.1. The molecule has 3 rings (SSSR count). The van der Waals surface area contributed by atoms with Gasteiger partial charge in [-0.15, -0.1) is 0 Å². The van der Waals surface area contributed by atoms with Gasteiger partial charge in [0, 0.05) is 31.0 Å². The van der Waals surface area contributed by atoms with Crippen LogP contribution >= 0.6 is 0 Å². The second kappa shape index (κ2) is 9.14. The van der Waals surface area contributed by atoms with Crippen molar-refractivity contribution in [3.05, 3.63) is 23.8 Å². The van der Waals surface area contributed by atoms with Crippen LogP contribution in [0.4, 0.5) is 0 Å². The molecule has 1 aromatic carbocycles. The summed E-state index contributed by atoms with van der Waals surface area (Å²) in [4.78, 5) is 14.7.